The van der Waals surface area contributed by atoms with Gasteiger partial charge in [-0.25, -0.2) is 8.42 Å². The molecule has 6 nitrogen and oxygen atoms in total. The molecule has 1 saturated heterocycles. The Morgan fingerprint density at radius 1 is 1.00 bits per heavy atom. The lowest BCUT2D eigenvalue weighted by molar-refractivity contribution is 0.101. The topological polar surface area (TPSA) is 83.5 Å². The molecule has 2 aromatic rings. The molecular weight excluding hydrogens is 364 g/mol. The van der Waals surface area contributed by atoms with Gasteiger partial charge in [0, 0.05) is 29.9 Å². The van der Waals surface area contributed by atoms with Crippen molar-refractivity contribution in [1.82, 2.24) is 4.31 Å². The highest BCUT2D eigenvalue weighted by atomic mass is 32.2. The molecule has 1 aliphatic heterocycles. The van der Waals surface area contributed by atoms with Gasteiger partial charge in [0.2, 0.25) is 10.0 Å². The smallest absolute Gasteiger partial charge is 0.255 e. The first-order valence-electron chi connectivity index (χ1n) is 8.82. The van der Waals surface area contributed by atoms with Gasteiger partial charge in [-0.15, -0.1) is 0 Å². The SMILES string of the molecule is CC(=O)c1cccc(NC(=O)c2ccc(C)c(S(=O)(=O)N3CCCC3)c2)c1. The van der Waals surface area contributed by atoms with Gasteiger partial charge >= 0.3 is 0 Å². The van der Waals surface area contributed by atoms with Crippen LogP contribution in [0.4, 0.5) is 5.69 Å². The summed E-state index contributed by atoms with van der Waals surface area (Å²) in [4.78, 5) is 24.3. The fraction of sp³-hybridized carbons (Fsp3) is 0.300. The summed E-state index contributed by atoms with van der Waals surface area (Å²) in [6.07, 6.45) is 1.70. The van der Waals surface area contributed by atoms with E-state index in [1.54, 1.807) is 43.3 Å². The van der Waals surface area contributed by atoms with Gasteiger partial charge < -0.3 is 5.32 Å². The van der Waals surface area contributed by atoms with Gasteiger partial charge in [0.25, 0.3) is 5.91 Å². The molecule has 27 heavy (non-hydrogen) atoms. The molecule has 0 spiro atoms. The van der Waals surface area contributed by atoms with Crippen molar-refractivity contribution >= 4 is 27.4 Å². The zero-order valence-corrected chi connectivity index (χ0v) is 16.2. The minimum absolute atomic E-state index is 0.0968. The summed E-state index contributed by atoms with van der Waals surface area (Å²) in [5, 5.41) is 2.72. The van der Waals surface area contributed by atoms with Gasteiger partial charge in [-0.05, 0) is 56.5 Å². The van der Waals surface area contributed by atoms with Crippen LogP contribution in [0, 0.1) is 6.92 Å². The Morgan fingerprint density at radius 2 is 1.70 bits per heavy atom. The van der Waals surface area contributed by atoms with Gasteiger partial charge in [0.05, 0.1) is 4.90 Å². The molecule has 7 heteroatoms. The van der Waals surface area contributed by atoms with Crippen LogP contribution < -0.4 is 5.32 Å². The van der Waals surface area contributed by atoms with Crippen LogP contribution in [0.15, 0.2) is 47.4 Å². The average Bonchev–Trinajstić information content (AvgIpc) is 3.17. The number of sulfonamides is 1. The molecule has 0 aromatic heterocycles. The zero-order valence-electron chi connectivity index (χ0n) is 15.4. The van der Waals surface area contributed by atoms with Crippen LogP contribution >= 0.6 is 0 Å². The number of benzene rings is 2. The van der Waals surface area contributed by atoms with E-state index in [1.165, 1.54) is 17.3 Å². The van der Waals surface area contributed by atoms with Crippen LogP contribution in [0.3, 0.4) is 0 Å². The fourth-order valence-corrected chi connectivity index (χ4v) is 4.87. The summed E-state index contributed by atoms with van der Waals surface area (Å²) in [5.74, 6) is -0.519. The van der Waals surface area contributed by atoms with Crippen molar-refractivity contribution in [2.24, 2.45) is 0 Å². The molecule has 1 heterocycles. The molecule has 1 amide bonds. The van der Waals surface area contributed by atoms with Crippen LogP contribution in [0.1, 0.15) is 46.0 Å². The Kier molecular flexibility index (Phi) is 5.43. The Hall–Kier alpha value is -2.51. The number of hydrogen-bond acceptors (Lipinski definition) is 4. The molecule has 0 aliphatic carbocycles. The predicted octanol–water partition coefficient (Wildman–Crippen LogP) is 3.23. The third kappa shape index (κ3) is 4.09. The second-order valence-electron chi connectivity index (χ2n) is 6.68. The molecule has 0 bridgehead atoms. The number of amides is 1. The molecule has 0 atom stereocenters. The number of rotatable bonds is 5. The average molecular weight is 386 g/mol. The molecule has 1 N–H and O–H groups in total. The summed E-state index contributed by atoms with van der Waals surface area (Å²) < 4.78 is 27.2. The van der Waals surface area contributed by atoms with E-state index in [2.05, 4.69) is 5.32 Å². The van der Waals surface area contributed by atoms with Gasteiger partial charge in [-0.3, -0.25) is 9.59 Å². The first kappa shape index (κ1) is 19.3. The van der Waals surface area contributed by atoms with Gasteiger partial charge in [0.15, 0.2) is 5.78 Å². The molecule has 0 unspecified atom stereocenters. The lowest BCUT2D eigenvalue weighted by Gasteiger charge is -2.18. The van der Waals surface area contributed by atoms with Gasteiger partial charge in [-0.2, -0.15) is 4.31 Å². The lowest BCUT2D eigenvalue weighted by atomic mass is 10.1. The summed E-state index contributed by atoms with van der Waals surface area (Å²) in [6, 6.07) is 11.3. The number of carbonyl (C=O) groups excluding carboxylic acids is 2. The van der Waals surface area contributed by atoms with E-state index in [1.807, 2.05) is 0 Å². The lowest BCUT2D eigenvalue weighted by Crippen LogP contribution is -2.28. The Bertz CT molecular complexity index is 993. The normalized spacial score (nSPS) is 14.9. The van der Waals surface area contributed by atoms with Crippen LogP contribution in [-0.2, 0) is 10.0 Å². The summed E-state index contributed by atoms with van der Waals surface area (Å²) in [7, 11) is -3.61. The molecule has 3 rings (SSSR count). The molecule has 1 fully saturated rings. The third-order valence-corrected chi connectivity index (χ3v) is 6.70. The maximum Gasteiger partial charge on any atom is 0.255 e. The van der Waals surface area contributed by atoms with Crippen LogP contribution in [0.5, 0.6) is 0 Å². The number of carbonyl (C=O) groups is 2. The van der Waals surface area contributed by atoms with E-state index >= 15 is 0 Å². The molecule has 0 radical (unpaired) electrons. The van der Waals surface area contributed by atoms with Crippen molar-refractivity contribution in [3.05, 3.63) is 59.2 Å². The molecule has 2 aromatic carbocycles. The van der Waals surface area contributed by atoms with E-state index in [0.717, 1.165) is 12.8 Å². The van der Waals surface area contributed by atoms with Crippen molar-refractivity contribution in [1.29, 1.82) is 0 Å². The molecular formula is C20H22N2O4S. The number of anilines is 1. The Labute approximate surface area is 159 Å². The number of Topliss-reactive ketones (excluding diaryl/α,β-unsaturated/α-hetero) is 1. The van der Waals surface area contributed by atoms with Crippen molar-refractivity contribution in [2.45, 2.75) is 31.6 Å². The van der Waals surface area contributed by atoms with Crippen molar-refractivity contribution in [3.8, 4) is 0 Å². The number of hydrogen-bond donors (Lipinski definition) is 1. The second-order valence-corrected chi connectivity index (χ2v) is 8.59. The monoisotopic (exact) mass is 386 g/mol. The fourth-order valence-electron chi connectivity index (χ4n) is 3.11. The van der Waals surface area contributed by atoms with Crippen LogP contribution in [0.25, 0.3) is 0 Å². The second kappa shape index (κ2) is 7.62. The minimum Gasteiger partial charge on any atom is -0.322 e. The van der Waals surface area contributed by atoms with Gasteiger partial charge in [0.1, 0.15) is 0 Å². The maximum absolute atomic E-state index is 12.9. The van der Waals surface area contributed by atoms with Gasteiger partial charge in [-0.1, -0.05) is 18.2 Å². The molecule has 0 saturated carbocycles. The quantitative estimate of drug-likeness (QED) is 0.800. The first-order chi connectivity index (χ1) is 12.8. The van der Waals surface area contributed by atoms with Crippen molar-refractivity contribution in [3.63, 3.8) is 0 Å². The van der Waals surface area contributed by atoms with Crippen LogP contribution in [-0.4, -0.2) is 37.5 Å². The first-order valence-corrected chi connectivity index (χ1v) is 10.3. The largest absolute Gasteiger partial charge is 0.322 e. The van der Waals surface area contributed by atoms with Crippen LogP contribution in [0.2, 0.25) is 0 Å². The Morgan fingerprint density at radius 3 is 2.37 bits per heavy atom. The highest BCUT2D eigenvalue weighted by Crippen LogP contribution is 2.25. The maximum atomic E-state index is 12.9. The number of aryl methyl sites for hydroxylation is 1. The summed E-state index contributed by atoms with van der Waals surface area (Å²) in [6.45, 7) is 4.20. The highest BCUT2D eigenvalue weighted by Gasteiger charge is 2.29. The van der Waals surface area contributed by atoms with E-state index in [4.69, 9.17) is 0 Å². The van der Waals surface area contributed by atoms with E-state index in [9.17, 15) is 18.0 Å². The van der Waals surface area contributed by atoms with Crippen molar-refractivity contribution < 1.29 is 18.0 Å². The molecule has 1 aliphatic rings. The summed E-state index contributed by atoms with van der Waals surface area (Å²) >= 11 is 0. The predicted molar refractivity (Wildman–Crippen MR) is 104 cm³/mol. The number of nitrogens with one attached hydrogen (secondary N) is 1. The number of ketones is 1. The Balaban J connectivity index is 1.88. The summed E-state index contributed by atoms with van der Waals surface area (Å²) in [5.41, 5.74) is 1.84. The van der Waals surface area contributed by atoms with E-state index in [0.29, 0.717) is 29.9 Å². The number of nitrogens with zero attached hydrogens (tertiary/aromatic N) is 1. The highest BCUT2D eigenvalue weighted by molar-refractivity contribution is 7.89. The van der Waals surface area contributed by atoms with E-state index < -0.39 is 15.9 Å². The van der Waals surface area contributed by atoms with E-state index in [-0.39, 0.29) is 16.2 Å². The minimum atomic E-state index is -3.61. The van der Waals surface area contributed by atoms with Crippen molar-refractivity contribution in [2.75, 3.05) is 18.4 Å². The third-order valence-electron chi connectivity index (χ3n) is 4.66. The zero-order chi connectivity index (χ0) is 19.6. The molecule has 142 valence electrons. The standard InChI is InChI=1S/C20H22N2O4S/c1-14-8-9-17(13-19(14)27(25,26)22-10-3-4-11-22)20(24)21-18-7-5-6-16(12-18)15(2)23/h5-9,12-13H,3-4,10-11H2,1-2H3,(H,21,24).